The summed E-state index contributed by atoms with van der Waals surface area (Å²) in [6.45, 7) is 2.10. The van der Waals surface area contributed by atoms with Gasteiger partial charge in [0.1, 0.15) is 11.6 Å². The van der Waals surface area contributed by atoms with E-state index in [4.69, 9.17) is 0 Å². The second-order valence-electron chi connectivity index (χ2n) is 8.50. The first-order chi connectivity index (χ1) is 15.9. The SMILES string of the molecule is CCCCc1ccc(C2CCc3cc(C#Cc4cc(F)c(F)c(F)c4)c(F)cc3C2)c(F)c1. The van der Waals surface area contributed by atoms with Crippen LogP contribution in [-0.4, -0.2) is 0 Å². The number of fused-ring (bicyclic) bond motifs is 1. The lowest BCUT2D eigenvalue weighted by atomic mass is 9.79. The molecule has 1 unspecified atom stereocenters. The van der Waals surface area contributed by atoms with Gasteiger partial charge in [0.15, 0.2) is 17.5 Å². The predicted molar refractivity (Wildman–Crippen MR) is 118 cm³/mol. The van der Waals surface area contributed by atoms with Crippen molar-refractivity contribution < 1.29 is 22.0 Å². The van der Waals surface area contributed by atoms with Crippen molar-refractivity contribution in [2.24, 2.45) is 0 Å². The van der Waals surface area contributed by atoms with Gasteiger partial charge in [0, 0.05) is 5.56 Å². The zero-order valence-corrected chi connectivity index (χ0v) is 18.3. The molecule has 0 heterocycles. The van der Waals surface area contributed by atoms with Crippen molar-refractivity contribution in [1.82, 2.24) is 0 Å². The fraction of sp³-hybridized carbons (Fsp3) is 0.286. The van der Waals surface area contributed by atoms with Crippen LogP contribution in [0.15, 0.2) is 42.5 Å². The molecule has 0 saturated heterocycles. The molecule has 170 valence electrons. The Morgan fingerprint density at radius 2 is 1.58 bits per heavy atom. The van der Waals surface area contributed by atoms with Gasteiger partial charge in [0.25, 0.3) is 0 Å². The third-order valence-electron chi connectivity index (χ3n) is 6.17. The Balaban J connectivity index is 1.55. The Bertz CT molecular complexity index is 1230. The van der Waals surface area contributed by atoms with Gasteiger partial charge in [0.2, 0.25) is 0 Å². The van der Waals surface area contributed by atoms with Gasteiger partial charge in [-0.05, 0) is 90.6 Å². The van der Waals surface area contributed by atoms with Gasteiger partial charge in [-0.25, -0.2) is 22.0 Å². The molecular formula is C28H23F5. The van der Waals surface area contributed by atoms with Crippen LogP contribution in [0.2, 0.25) is 0 Å². The maximum atomic E-state index is 14.8. The van der Waals surface area contributed by atoms with E-state index < -0.39 is 23.3 Å². The summed E-state index contributed by atoms with van der Waals surface area (Å²) in [6.07, 6.45) is 4.83. The molecule has 0 aromatic heterocycles. The highest BCUT2D eigenvalue weighted by Gasteiger charge is 2.24. The molecular weight excluding hydrogens is 431 g/mol. The molecule has 0 radical (unpaired) electrons. The minimum Gasteiger partial charge on any atom is -0.207 e. The van der Waals surface area contributed by atoms with Crippen LogP contribution < -0.4 is 0 Å². The Kier molecular flexibility index (Phi) is 6.83. The highest BCUT2D eigenvalue weighted by molar-refractivity contribution is 5.48. The number of aryl methyl sites for hydroxylation is 2. The zero-order valence-electron chi connectivity index (χ0n) is 18.3. The van der Waals surface area contributed by atoms with Crippen LogP contribution in [0.3, 0.4) is 0 Å². The quantitative estimate of drug-likeness (QED) is 0.219. The minimum atomic E-state index is -1.57. The molecule has 0 spiro atoms. The molecule has 5 heteroatoms. The average Bonchev–Trinajstić information content (AvgIpc) is 2.79. The van der Waals surface area contributed by atoms with E-state index in [2.05, 4.69) is 18.8 Å². The fourth-order valence-corrected chi connectivity index (χ4v) is 4.35. The molecule has 1 aliphatic carbocycles. The molecule has 33 heavy (non-hydrogen) atoms. The first-order valence-corrected chi connectivity index (χ1v) is 11.1. The van der Waals surface area contributed by atoms with Gasteiger partial charge in [-0.2, -0.15) is 0 Å². The first-order valence-electron chi connectivity index (χ1n) is 11.1. The lowest BCUT2D eigenvalue weighted by molar-refractivity contribution is 0.446. The standard InChI is InChI=1S/C28H23F5/c1-2-3-4-17-6-10-23(25(30)11-17)20-9-8-19-14-21(24(29)16-22(19)15-20)7-5-18-12-26(31)28(33)27(32)13-18/h6,10-14,16,20H,2-4,8-9,15H2,1H3. The van der Waals surface area contributed by atoms with Crippen LogP contribution >= 0.6 is 0 Å². The van der Waals surface area contributed by atoms with E-state index in [-0.39, 0.29) is 22.9 Å². The van der Waals surface area contributed by atoms with Crippen LogP contribution in [0.5, 0.6) is 0 Å². The van der Waals surface area contributed by atoms with Gasteiger partial charge in [-0.15, -0.1) is 0 Å². The maximum Gasteiger partial charge on any atom is 0.194 e. The largest absolute Gasteiger partial charge is 0.207 e. The monoisotopic (exact) mass is 454 g/mol. The second-order valence-corrected chi connectivity index (χ2v) is 8.50. The van der Waals surface area contributed by atoms with Crippen LogP contribution in [0, 0.1) is 40.9 Å². The van der Waals surface area contributed by atoms with Crippen LogP contribution in [-0.2, 0) is 19.3 Å². The third-order valence-corrected chi connectivity index (χ3v) is 6.17. The van der Waals surface area contributed by atoms with Crippen LogP contribution in [0.4, 0.5) is 22.0 Å². The highest BCUT2D eigenvalue weighted by Crippen LogP contribution is 2.35. The number of benzene rings is 3. The Labute approximate surface area is 190 Å². The van der Waals surface area contributed by atoms with E-state index in [0.717, 1.165) is 54.5 Å². The third kappa shape index (κ3) is 5.11. The molecule has 0 aliphatic heterocycles. The molecule has 0 N–H and O–H groups in total. The Hall–Kier alpha value is -3.13. The second kappa shape index (κ2) is 9.79. The van der Waals surface area contributed by atoms with Gasteiger partial charge in [-0.1, -0.05) is 37.3 Å². The normalized spacial score (nSPS) is 15.0. The fourth-order valence-electron chi connectivity index (χ4n) is 4.35. The van der Waals surface area contributed by atoms with E-state index >= 15 is 0 Å². The van der Waals surface area contributed by atoms with Gasteiger partial charge >= 0.3 is 0 Å². The summed E-state index contributed by atoms with van der Waals surface area (Å²) in [7, 11) is 0. The number of unbranched alkanes of at least 4 members (excludes halogenated alkanes) is 1. The number of halogens is 5. The summed E-state index contributed by atoms with van der Waals surface area (Å²) in [5.41, 5.74) is 3.40. The van der Waals surface area contributed by atoms with Gasteiger partial charge in [-0.3, -0.25) is 0 Å². The number of hydrogen-bond donors (Lipinski definition) is 0. The minimum absolute atomic E-state index is 0.0285. The average molecular weight is 454 g/mol. The van der Waals surface area contributed by atoms with Crippen molar-refractivity contribution in [1.29, 1.82) is 0 Å². The molecule has 0 nitrogen and oxygen atoms in total. The van der Waals surface area contributed by atoms with E-state index in [1.807, 2.05) is 12.1 Å². The van der Waals surface area contributed by atoms with Crippen molar-refractivity contribution in [3.8, 4) is 11.8 Å². The van der Waals surface area contributed by atoms with Crippen molar-refractivity contribution >= 4 is 0 Å². The molecule has 3 aromatic rings. The van der Waals surface area contributed by atoms with E-state index in [1.165, 1.54) is 6.07 Å². The highest BCUT2D eigenvalue weighted by atomic mass is 19.2. The summed E-state index contributed by atoms with van der Waals surface area (Å²) in [4.78, 5) is 0. The smallest absolute Gasteiger partial charge is 0.194 e. The number of hydrogen-bond acceptors (Lipinski definition) is 0. The topological polar surface area (TPSA) is 0 Å². The molecule has 0 bridgehead atoms. The Morgan fingerprint density at radius 3 is 2.27 bits per heavy atom. The van der Waals surface area contributed by atoms with Gasteiger partial charge in [0.05, 0.1) is 5.56 Å². The van der Waals surface area contributed by atoms with Crippen LogP contribution in [0.1, 0.15) is 65.5 Å². The molecule has 0 saturated carbocycles. The lowest BCUT2D eigenvalue weighted by Gasteiger charge is -2.26. The van der Waals surface area contributed by atoms with Crippen molar-refractivity contribution in [3.05, 3.63) is 105 Å². The summed E-state index contributed by atoms with van der Waals surface area (Å²) in [5, 5.41) is 0. The summed E-state index contributed by atoms with van der Waals surface area (Å²) < 4.78 is 69.3. The van der Waals surface area contributed by atoms with Crippen molar-refractivity contribution in [2.75, 3.05) is 0 Å². The van der Waals surface area contributed by atoms with Crippen LogP contribution in [0.25, 0.3) is 0 Å². The predicted octanol–water partition coefficient (Wildman–Crippen LogP) is 7.40. The molecule has 4 rings (SSSR count). The first kappa shape index (κ1) is 23.0. The van der Waals surface area contributed by atoms with E-state index in [1.54, 1.807) is 12.1 Å². The van der Waals surface area contributed by atoms with Crippen molar-refractivity contribution in [2.45, 2.75) is 51.4 Å². The number of rotatable bonds is 4. The molecule has 0 fully saturated rings. The summed E-state index contributed by atoms with van der Waals surface area (Å²) in [5.74, 6) is 0.0288. The summed E-state index contributed by atoms with van der Waals surface area (Å²) in [6, 6.07) is 10.0. The zero-order chi connectivity index (χ0) is 23.5. The molecule has 1 aliphatic rings. The molecule has 0 amide bonds. The Morgan fingerprint density at radius 1 is 0.818 bits per heavy atom. The molecule has 3 aromatic carbocycles. The molecule has 1 atom stereocenters. The summed E-state index contributed by atoms with van der Waals surface area (Å²) >= 11 is 0. The van der Waals surface area contributed by atoms with Crippen molar-refractivity contribution in [3.63, 3.8) is 0 Å². The lowest BCUT2D eigenvalue weighted by Crippen LogP contribution is -2.15. The van der Waals surface area contributed by atoms with Gasteiger partial charge < -0.3 is 0 Å². The van der Waals surface area contributed by atoms with E-state index in [9.17, 15) is 22.0 Å². The maximum absolute atomic E-state index is 14.8. The van der Waals surface area contributed by atoms with E-state index in [0.29, 0.717) is 18.4 Å².